The van der Waals surface area contributed by atoms with Crippen LogP contribution in [0.15, 0.2) is 23.1 Å². The molecule has 1 aromatic rings. The van der Waals surface area contributed by atoms with Gasteiger partial charge < -0.3 is 20.3 Å². The number of carbonyl (C=O) groups is 2. The van der Waals surface area contributed by atoms with E-state index >= 15 is 0 Å². The lowest BCUT2D eigenvalue weighted by atomic mass is 10.1. The highest BCUT2D eigenvalue weighted by molar-refractivity contribution is 8.26. The van der Waals surface area contributed by atoms with Crippen LogP contribution in [0, 0.1) is 6.92 Å². The first kappa shape index (κ1) is 19.3. The number of thioether (sulfide) groups is 1. The van der Waals surface area contributed by atoms with Crippen LogP contribution >= 0.6 is 24.0 Å². The summed E-state index contributed by atoms with van der Waals surface area (Å²) in [5, 5.41) is 5.33. The summed E-state index contributed by atoms with van der Waals surface area (Å²) >= 11 is 6.24. The molecule has 6 nitrogen and oxygen atoms in total. The highest BCUT2D eigenvalue weighted by Crippen LogP contribution is 2.29. The third-order valence-electron chi connectivity index (χ3n) is 3.45. The summed E-state index contributed by atoms with van der Waals surface area (Å²) < 4.78 is 6.28. The number of benzene rings is 1. The summed E-state index contributed by atoms with van der Waals surface area (Å²) in [7, 11) is 1.72. The predicted molar refractivity (Wildman–Crippen MR) is 105 cm³/mol. The molecule has 0 unspecified atom stereocenters. The molecule has 0 aliphatic carbocycles. The van der Waals surface area contributed by atoms with E-state index in [0.717, 1.165) is 11.1 Å². The quantitative estimate of drug-likeness (QED) is 0.587. The first-order valence-corrected chi connectivity index (χ1v) is 9.10. The molecule has 2 rings (SSSR count). The summed E-state index contributed by atoms with van der Waals surface area (Å²) in [4.78, 5) is 25.6. The van der Waals surface area contributed by atoms with Crippen LogP contribution in [0.3, 0.4) is 0 Å². The van der Waals surface area contributed by atoms with Crippen molar-refractivity contribution in [3.8, 4) is 5.75 Å². The molecule has 0 radical (unpaired) electrons. The molecule has 0 atom stereocenters. The number of thiocarbonyl (C=S) groups is 1. The number of carbonyl (C=O) groups excluding carboxylic acids is 2. The predicted octanol–water partition coefficient (Wildman–Crippen LogP) is 2.52. The number of amides is 3. The van der Waals surface area contributed by atoms with Gasteiger partial charge in [0.15, 0.2) is 0 Å². The number of rotatable bonds is 6. The van der Waals surface area contributed by atoms with E-state index in [1.165, 1.54) is 11.8 Å². The Morgan fingerprint density at radius 1 is 1.48 bits per heavy atom. The number of hydrogen-bond donors (Lipinski definition) is 2. The highest BCUT2D eigenvalue weighted by atomic mass is 32.2. The van der Waals surface area contributed by atoms with Gasteiger partial charge in [-0.2, -0.15) is 0 Å². The normalized spacial score (nSPS) is 15.2. The average Bonchev–Trinajstić information content (AvgIpc) is 2.87. The van der Waals surface area contributed by atoms with E-state index in [-0.39, 0.29) is 11.9 Å². The van der Waals surface area contributed by atoms with Crippen molar-refractivity contribution in [1.29, 1.82) is 0 Å². The van der Waals surface area contributed by atoms with Gasteiger partial charge >= 0.3 is 6.03 Å². The second-order valence-electron chi connectivity index (χ2n) is 5.50. The molecule has 0 aromatic heterocycles. The Hall–Kier alpha value is -2.06. The summed E-state index contributed by atoms with van der Waals surface area (Å²) in [6.45, 7) is 5.24. The molecular formula is C17H21N3O3S2. The minimum Gasteiger partial charge on any atom is -0.491 e. The molecule has 1 aromatic carbocycles. The highest BCUT2D eigenvalue weighted by Gasteiger charge is 2.22. The lowest BCUT2D eigenvalue weighted by Gasteiger charge is -2.18. The number of aryl methyl sites for hydroxylation is 1. The van der Waals surface area contributed by atoms with Gasteiger partial charge in [-0.05, 0) is 32.1 Å². The second kappa shape index (κ2) is 8.87. The van der Waals surface area contributed by atoms with Gasteiger partial charge in [0, 0.05) is 19.2 Å². The van der Waals surface area contributed by atoms with Crippen LogP contribution in [0.4, 0.5) is 4.79 Å². The average molecular weight is 380 g/mol. The molecule has 0 bridgehead atoms. The number of ether oxygens (including phenoxy) is 1. The van der Waals surface area contributed by atoms with Crippen LogP contribution in [0.1, 0.15) is 18.1 Å². The lowest BCUT2D eigenvalue weighted by molar-refractivity contribution is -0.115. The summed E-state index contributed by atoms with van der Waals surface area (Å²) in [5.41, 5.74) is 1.87. The van der Waals surface area contributed by atoms with Crippen molar-refractivity contribution in [3.63, 3.8) is 0 Å². The smallest absolute Gasteiger partial charge is 0.317 e. The topological polar surface area (TPSA) is 70.7 Å². The van der Waals surface area contributed by atoms with E-state index in [9.17, 15) is 9.59 Å². The maximum atomic E-state index is 11.8. The van der Waals surface area contributed by atoms with Gasteiger partial charge in [-0.15, -0.1) is 0 Å². The zero-order valence-electron chi connectivity index (χ0n) is 14.4. The third-order valence-corrected chi connectivity index (χ3v) is 4.62. The van der Waals surface area contributed by atoms with Gasteiger partial charge in [-0.3, -0.25) is 4.79 Å². The Bertz CT molecular complexity index is 719. The van der Waals surface area contributed by atoms with Gasteiger partial charge in [0.1, 0.15) is 16.7 Å². The number of nitrogens with zero attached hydrogens (tertiary/aromatic N) is 1. The maximum Gasteiger partial charge on any atom is 0.317 e. The van der Waals surface area contributed by atoms with Crippen LogP contribution in [-0.2, 0) is 4.79 Å². The first-order valence-electron chi connectivity index (χ1n) is 7.88. The Morgan fingerprint density at radius 2 is 2.24 bits per heavy atom. The van der Waals surface area contributed by atoms with Gasteiger partial charge in [0.05, 0.1) is 11.4 Å². The zero-order valence-corrected chi connectivity index (χ0v) is 16.1. The van der Waals surface area contributed by atoms with Crippen LogP contribution in [0.2, 0.25) is 0 Å². The van der Waals surface area contributed by atoms with E-state index < -0.39 is 0 Å². The molecule has 0 spiro atoms. The molecule has 0 saturated carbocycles. The molecule has 1 fully saturated rings. The molecule has 8 heteroatoms. The fraction of sp³-hybridized carbons (Fsp3) is 0.353. The molecule has 1 saturated heterocycles. The van der Waals surface area contributed by atoms with Crippen molar-refractivity contribution in [3.05, 3.63) is 34.2 Å². The molecule has 134 valence electrons. The number of nitrogens with one attached hydrogen (secondary N) is 2. The van der Waals surface area contributed by atoms with Gasteiger partial charge in [0.2, 0.25) is 0 Å². The van der Waals surface area contributed by atoms with Crippen molar-refractivity contribution in [2.24, 2.45) is 0 Å². The molecule has 1 aliphatic rings. The minimum atomic E-state index is -0.196. The SMILES string of the molecule is CCNC(=O)N(C)CCOc1ccc(C)cc1/C=C1\SC(=S)NC1=O. The fourth-order valence-electron chi connectivity index (χ4n) is 2.15. The fourth-order valence-corrected chi connectivity index (χ4v) is 3.19. The molecule has 25 heavy (non-hydrogen) atoms. The maximum absolute atomic E-state index is 11.8. The molecule has 3 amide bonds. The standard InChI is InChI=1S/C17H21N3O3S2/c1-4-18-16(22)20(3)7-8-23-13-6-5-11(2)9-12(13)10-14-15(21)19-17(24)25-14/h5-6,9-10H,4,7-8H2,1-3H3,(H,18,22)(H,19,21,24)/b14-10-. The van der Waals surface area contributed by atoms with Crippen molar-refractivity contribution in [2.75, 3.05) is 26.7 Å². The summed E-state index contributed by atoms with van der Waals surface area (Å²) in [6, 6.07) is 5.62. The summed E-state index contributed by atoms with van der Waals surface area (Å²) in [6.07, 6.45) is 1.77. The van der Waals surface area contributed by atoms with Crippen molar-refractivity contribution in [2.45, 2.75) is 13.8 Å². The molecular weight excluding hydrogens is 358 g/mol. The van der Waals surface area contributed by atoms with E-state index in [2.05, 4.69) is 10.6 Å². The van der Waals surface area contributed by atoms with E-state index in [4.69, 9.17) is 17.0 Å². The van der Waals surface area contributed by atoms with Crippen LogP contribution in [0.5, 0.6) is 5.75 Å². The Morgan fingerprint density at radius 3 is 2.88 bits per heavy atom. The van der Waals surface area contributed by atoms with Crippen molar-refractivity contribution in [1.82, 2.24) is 15.5 Å². The summed E-state index contributed by atoms with van der Waals surface area (Å²) in [5.74, 6) is 0.465. The number of hydrogen-bond acceptors (Lipinski definition) is 5. The van der Waals surface area contributed by atoms with Crippen LogP contribution in [-0.4, -0.2) is 47.9 Å². The van der Waals surface area contributed by atoms with E-state index in [1.54, 1.807) is 18.0 Å². The van der Waals surface area contributed by atoms with Gasteiger partial charge in [0.25, 0.3) is 5.91 Å². The third kappa shape index (κ3) is 5.47. The number of urea groups is 1. The monoisotopic (exact) mass is 379 g/mol. The number of likely N-dealkylation sites (N-methyl/N-ethyl adjacent to an activating group) is 1. The Balaban J connectivity index is 2.06. The van der Waals surface area contributed by atoms with E-state index in [0.29, 0.717) is 34.7 Å². The van der Waals surface area contributed by atoms with Crippen molar-refractivity contribution < 1.29 is 14.3 Å². The first-order chi connectivity index (χ1) is 11.9. The van der Waals surface area contributed by atoms with Crippen LogP contribution in [0.25, 0.3) is 6.08 Å². The van der Waals surface area contributed by atoms with Gasteiger partial charge in [-0.25, -0.2) is 4.79 Å². The van der Waals surface area contributed by atoms with E-state index in [1.807, 2.05) is 32.0 Å². The second-order valence-corrected chi connectivity index (χ2v) is 7.22. The molecule has 1 heterocycles. The molecule has 1 aliphatic heterocycles. The van der Waals surface area contributed by atoms with Crippen molar-refractivity contribution >= 4 is 46.3 Å². The largest absolute Gasteiger partial charge is 0.491 e. The Labute approximate surface area is 157 Å². The minimum absolute atomic E-state index is 0.134. The molecule has 2 N–H and O–H groups in total. The zero-order chi connectivity index (χ0) is 18.4. The van der Waals surface area contributed by atoms with Crippen LogP contribution < -0.4 is 15.4 Å². The van der Waals surface area contributed by atoms with Gasteiger partial charge in [-0.1, -0.05) is 35.6 Å². The Kier molecular flexibility index (Phi) is 6.83. The lowest BCUT2D eigenvalue weighted by Crippen LogP contribution is -2.39.